The van der Waals surface area contributed by atoms with Crippen molar-refractivity contribution in [3.8, 4) is 5.75 Å². The van der Waals surface area contributed by atoms with Gasteiger partial charge in [-0.05, 0) is 32.3 Å². The third kappa shape index (κ3) is 4.87. The quantitative estimate of drug-likeness (QED) is 0.400. The Morgan fingerprint density at radius 3 is 2.71 bits per heavy atom. The van der Waals surface area contributed by atoms with Crippen LogP contribution in [0.1, 0.15) is 37.8 Å². The lowest BCUT2D eigenvalue weighted by molar-refractivity contribution is 0.456. The Hall–Kier alpha value is -1.55. The van der Waals surface area contributed by atoms with E-state index in [1.165, 1.54) is 0 Å². The lowest BCUT2D eigenvalue weighted by Gasteiger charge is -2.12. The Bertz CT molecular complexity index is 373. The van der Waals surface area contributed by atoms with Crippen LogP contribution in [0.4, 0.5) is 0 Å². The molecule has 4 nitrogen and oxygen atoms in total. The normalized spacial score (nSPS) is 13.6. The zero-order valence-electron chi connectivity index (χ0n) is 10.3. The van der Waals surface area contributed by atoms with E-state index in [4.69, 9.17) is 11.5 Å². The van der Waals surface area contributed by atoms with Crippen molar-refractivity contribution in [3.63, 3.8) is 0 Å². The Morgan fingerprint density at radius 2 is 2.06 bits per heavy atom. The largest absolute Gasteiger partial charge is 0.508 e. The topological polar surface area (TPSA) is 84.6 Å². The number of hydrogen-bond donors (Lipinski definition) is 3. The number of aromatic hydroxyl groups is 1. The molecule has 0 spiro atoms. The van der Waals surface area contributed by atoms with E-state index in [1.807, 2.05) is 12.1 Å². The van der Waals surface area contributed by atoms with Crippen molar-refractivity contribution < 1.29 is 5.11 Å². The first-order valence-corrected chi connectivity index (χ1v) is 5.91. The molecule has 5 N–H and O–H groups in total. The van der Waals surface area contributed by atoms with E-state index in [1.54, 1.807) is 19.1 Å². The summed E-state index contributed by atoms with van der Waals surface area (Å²) in [7, 11) is 0. The molecule has 0 radical (unpaired) electrons. The molecule has 0 saturated heterocycles. The molecule has 0 fully saturated rings. The number of phenolic OH excluding ortho intramolecular Hbond substituents is 1. The van der Waals surface area contributed by atoms with E-state index in [0.717, 1.165) is 31.4 Å². The summed E-state index contributed by atoms with van der Waals surface area (Å²) in [6.45, 7) is 2.53. The SMILES string of the molecule is CC(N)=NCCCCC(N)c1ccccc1O. The first kappa shape index (κ1) is 13.5. The highest BCUT2D eigenvalue weighted by atomic mass is 16.3. The van der Waals surface area contributed by atoms with Crippen molar-refractivity contribution in [2.75, 3.05) is 6.54 Å². The number of rotatable bonds is 6. The molecule has 1 rings (SSSR count). The number of para-hydroxylation sites is 1. The van der Waals surface area contributed by atoms with E-state index in [9.17, 15) is 5.11 Å². The average Bonchev–Trinajstić information content (AvgIpc) is 2.28. The molecule has 0 amide bonds. The lowest BCUT2D eigenvalue weighted by atomic mass is 10.0. The molecule has 0 heterocycles. The Labute approximate surface area is 102 Å². The number of nitrogens with two attached hydrogens (primary N) is 2. The van der Waals surface area contributed by atoms with Gasteiger partial charge in [-0.2, -0.15) is 0 Å². The zero-order chi connectivity index (χ0) is 12.7. The molecule has 4 heteroatoms. The first-order valence-electron chi connectivity index (χ1n) is 5.91. The maximum Gasteiger partial charge on any atom is 0.120 e. The highest BCUT2D eigenvalue weighted by Gasteiger charge is 2.09. The minimum absolute atomic E-state index is 0.112. The minimum atomic E-state index is -0.112. The third-order valence-corrected chi connectivity index (χ3v) is 2.62. The number of benzene rings is 1. The molecule has 0 aromatic heterocycles. The highest BCUT2D eigenvalue weighted by Crippen LogP contribution is 2.25. The molecule has 0 aliphatic carbocycles. The summed E-state index contributed by atoms with van der Waals surface area (Å²) in [5, 5.41) is 9.64. The number of hydrogen-bond acceptors (Lipinski definition) is 3. The lowest BCUT2D eigenvalue weighted by Crippen LogP contribution is -2.10. The second kappa shape index (κ2) is 6.91. The smallest absolute Gasteiger partial charge is 0.120 e. The van der Waals surface area contributed by atoms with Crippen LogP contribution in [0.5, 0.6) is 5.75 Å². The van der Waals surface area contributed by atoms with Gasteiger partial charge in [0.05, 0.1) is 5.84 Å². The Morgan fingerprint density at radius 1 is 1.35 bits per heavy atom. The molecule has 1 unspecified atom stereocenters. The predicted molar refractivity (Wildman–Crippen MR) is 71.0 cm³/mol. The van der Waals surface area contributed by atoms with Crippen LogP contribution in [0.15, 0.2) is 29.3 Å². The molecule has 1 atom stereocenters. The zero-order valence-corrected chi connectivity index (χ0v) is 10.3. The molecule has 0 aliphatic heterocycles. The van der Waals surface area contributed by atoms with Gasteiger partial charge in [0.2, 0.25) is 0 Å². The first-order chi connectivity index (χ1) is 8.11. The molecule has 1 aromatic carbocycles. The standard InChI is InChI=1S/C13H21N3O/c1-10(14)16-9-5-4-7-12(15)11-6-2-3-8-13(11)17/h2-3,6,8,12,17H,4-5,7,9,15H2,1H3,(H2,14,16). The van der Waals surface area contributed by atoms with Crippen molar-refractivity contribution >= 4 is 5.84 Å². The van der Waals surface area contributed by atoms with Gasteiger partial charge in [-0.15, -0.1) is 0 Å². The number of aliphatic imine (C=N–C) groups is 1. The molecular formula is C13H21N3O. The van der Waals surface area contributed by atoms with Gasteiger partial charge in [0.25, 0.3) is 0 Å². The monoisotopic (exact) mass is 235 g/mol. The fourth-order valence-electron chi connectivity index (χ4n) is 1.69. The number of unbranched alkanes of at least 4 members (excludes halogenated alkanes) is 1. The number of nitrogens with zero attached hydrogens (tertiary/aromatic N) is 1. The van der Waals surface area contributed by atoms with Gasteiger partial charge in [0, 0.05) is 18.2 Å². The summed E-state index contributed by atoms with van der Waals surface area (Å²) in [6.07, 6.45) is 2.79. The van der Waals surface area contributed by atoms with Gasteiger partial charge in [0.15, 0.2) is 0 Å². The molecule has 0 bridgehead atoms. The van der Waals surface area contributed by atoms with Gasteiger partial charge in [-0.25, -0.2) is 0 Å². The molecule has 1 aromatic rings. The van der Waals surface area contributed by atoms with Crippen LogP contribution in [0.2, 0.25) is 0 Å². The van der Waals surface area contributed by atoms with Crippen molar-refractivity contribution in [2.24, 2.45) is 16.5 Å². The van der Waals surface area contributed by atoms with Gasteiger partial charge in [0.1, 0.15) is 5.75 Å². The van der Waals surface area contributed by atoms with Gasteiger partial charge in [-0.3, -0.25) is 4.99 Å². The van der Waals surface area contributed by atoms with Crippen LogP contribution < -0.4 is 11.5 Å². The molecular weight excluding hydrogens is 214 g/mol. The third-order valence-electron chi connectivity index (χ3n) is 2.62. The van der Waals surface area contributed by atoms with Crippen LogP contribution in [-0.2, 0) is 0 Å². The van der Waals surface area contributed by atoms with Gasteiger partial charge in [-0.1, -0.05) is 18.2 Å². The fourth-order valence-corrected chi connectivity index (χ4v) is 1.69. The summed E-state index contributed by atoms with van der Waals surface area (Å²) >= 11 is 0. The second-order valence-electron chi connectivity index (χ2n) is 4.18. The molecule has 0 aliphatic rings. The number of phenols is 1. The van der Waals surface area contributed by atoms with Crippen LogP contribution >= 0.6 is 0 Å². The van der Waals surface area contributed by atoms with E-state index < -0.39 is 0 Å². The van der Waals surface area contributed by atoms with Crippen LogP contribution in [0.25, 0.3) is 0 Å². The van der Waals surface area contributed by atoms with Crippen molar-refractivity contribution in [3.05, 3.63) is 29.8 Å². The Balaban J connectivity index is 2.33. The summed E-state index contributed by atoms with van der Waals surface area (Å²) < 4.78 is 0. The molecule has 0 saturated carbocycles. The summed E-state index contributed by atoms with van der Waals surface area (Å²) in [5.41, 5.74) is 12.3. The molecule has 17 heavy (non-hydrogen) atoms. The number of amidine groups is 1. The summed E-state index contributed by atoms with van der Waals surface area (Å²) in [4.78, 5) is 4.12. The predicted octanol–water partition coefficient (Wildman–Crippen LogP) is 1.94. The van der Waals surface area contributed by atoms with Gasteiger partial charge >= 0.3 is 0 Å². The summed E-state index contributed by atoms with van der Waals surface area (Å²) in [5.74, 6) is 0.894. The van der Waals surface area contributed by atoms with E-state index >= 15 is 0 Å². The average molecular weight is 235 g/mol. The van der Waals surface area contributed by atoms with Crippen LogP contribution in [0, 0.1) is 0 Å². The minimum Gasteiger partial charge on any atom is -0.508 e. The fraction of sp³-hybridized carbons (Fsp3) is 0.462. The van der Waals surface area contributed by atoms with E-state index in [0.29, 0.717) is 5.84 Å². The maximum atomic E-state index is 9.64. The maximum absolute atomic E-state index is 9.64. The highest BCUT2D eigenvalue weighted by molar-refractivity contribution is 5.77. The van der Waals surface area contributed by atoms with Gasteiger partial charge < -0.3 is 16.6 Å². The summed E-state index contributed by atoms with van der Waals surface area (Å²) in [6, 6.07) is 7.10. The van der Waals surface area contributed by atoms with Crippen molar-refractivity contribution in [2.45, 2.75) is 32.2 Å². The Kier molecular flexibility index (Phi) is 5.49. The van der Waals surface area contributed by atoms with Crippen molar-refractivity contribution in [1.82, 2.24) is 0 Å². The second-order valence-corrected chi connectivity index (χ2v) is 4.18. The van der Waals surface area contributed by atoms with Crippen LogP contribution in [0.3, 0.4) is 0 Å². The van der Waals surface area contributed by atoms with E-state index in [-0.39, 0.29) is 11.8 Å². The van der Waals surface area contributed by atoms with Crippen LogP contribution in [-0.4, -0.2) is 17.5 Å². The van der Waals surface area contributed by atoms with Crippen molar-refractivity contribution in [1.29, 1.82) is 0 Å². The van der Waals surface area contributed by atoms with E-state index in [2.05, 4.69) is 4.99 Å². The molecule has 94 valence electrons.